The minimum Gasteiger partial charge on any atom is -0.340 e. The smallest absolute Gasteiger partial charge is 0.148 e. The zero-order valence-electron chi connectivity index (χ0n) is 13.9. The second-order valence-corrected chi connectivity index (χ2v) is 8.61. The number of rotatable bonds is 4. The minimum atomic E-state index is -0.235. The van der Waals surface area contributed by atoms with Gasteiger partial charge in [-0.3, -0.25) is 9.78 Å². The molecule has 0 radical (unpaired) electrons. The van der Waals surface area contributed by atoms with Gasteiger partial charge < -0.3 is 5.32 Å². The first-order chi connectivity index (χ1) is 13.2. The molecule has 0 amide bonds. The summed E-state index contributed by atoms with van der Waals surface area (Å²) in [5.74, 6) is 0.625. The average Bonchev–Trinajstić information content (AvgIpc) is 3.31. The van der Waals surface area contributed by atoms with Gasteiger partial charge in [0, 0.05) is 11.1 Å². The van der Waals surface area contributed by atoms with Gasteiger partial charge in [-0.15, -0.1) is 11.3 Å². The molecule has 0 fully saturated rings. The van der Waals surface area contributed by atoms with Crippen LogP contribution in [0.4, 0.5) is 15.9 Å². The molecule has 0 aliphatic rings. The fourth-order valence-electron chi connectivity index (χ4n) is 3.12. The van der Waals surface area contributed by atoms with E-state index in [9.17, 15) is 4.39 Å². The first-order valence-electron chi connectivity index (χ1n) is 8.26. The topological polar surface area (TPSA) is 58.5 Å². The van der Waals surface area contributed by atoms with E-state index in [2.05, 4.69) is 36.5 Å². The molecule has 5 nitrogen and oxygen atoms in total. The molecule has 3 heterocycles. The summed E-state index contributed by atoms with van der Waals surface area (Å²) >= 11 is 5.08. The van der Waals surface area contributed by atoms with Crippen molar-refractivity contribution < 1.29 is 4.39 Å². The molecular weight excluding hydrogens is 429 g/mol. The Morgan fingerprint density at radius 1 is 1.19 bits per heavy atom. The van der Waals surface area contributed by atoms with Crippen molar-refractivity contribution >= 4 is 59.9 Å². The summed E-state index contributed by atoms with van der Waals surface area (Å²) in [5, 5.41) is 17.2. The van der Waals surface area contributed by atoms with E-state index in [4.69, 9.17) is 0 Å². The van der Waals surface area contributed by atoms with E-state index in [-0.39, 0.29) is 5.82 Å². The molecule has 2 aromatic carbocycles. The van der Waals surface area contributed by atoms with E-state index in [1.165, 1.54) is 12.1 Å². The van der Waals surface area contributed by atoms with Gasteiger partial charge in [0.2, 0.25) is 0 Å². The Morgan fingerprint density at radius 2 is 2.11 bits per heavy atom. The highest BCUT2D eigenvalue weighted by atomic mass is 79.9. The van der Waals surface area contributed by atoms with Crippen LogP contribution in [-0.4, -0.2) is 20.0 Å². The number of aromatic amines is 1. The maximum atomic E-state index is 13.4. The number of thiophene rings is 1. The van der Waals surface area contributed by atoms with Gasteiger partial charge in [0.25, 0.3) is 0 Å². The van der Waals surface area contributed by atoms with E-state index < -0.39 is 0 Å². The van der Waals surface area contributed by atoms with Crippen LogP contribution in [-0.2, 0) is 6.54 Å². The van der Waals surface area contributed by atoms with Crippen LogP contribution in [0.3, 0.4) is 0 Å². The Balaban J connectivity index is 1.44. The maximum absolute atomic E-state index is 13.4. The summed E-state index contributed by atoms with van der Waals surface area (Å²) in [4.78, 5) is 0.952. The zero-order valence-corrected chi connectivity index (χ0v) is 16.3. The highest BCUT2D eigenvalue weighted by Crippen LogP contribution is 2.34. The first kappa shape index (κ1) is 16.5. The third-order valence-corrected chi connectivity index (χ3v) is 5.89. The molecule has 0 saturated carbocycles. The lowest BCUT2D eigenvalue weighted by molar-refractivity contribution is 0.621. The standard InChI is InChI=1S/C19H13BrFN5S/c20-17-8-15-18(24-25-19(15)27-17)23-14-4-5-16-12(7-14)9-22-26(16)10-11-2-1-3-13(21)6-11/h1-9H,10H2,(H2,23,24,25). The van der Waals surface area contributed by atoms with E-state index in [0.717, 1.165) is 42.0 Å². The van der Waals surface area contributed by atoms with Gasteiger partial charge >= 0.3 is 0 Å². The zero-order chi connectivity index (χ0) is 18.4. The molecule has 0 aliphatic heterocycles. The van der Waals surface area contributed by atoms with Crippen LogP contribution in [0.5, 0.6) is 0 Å². The van der Waals surface area contributed by atoms with E-state index in [1.807, 2.05) is 41.2 Å². The Labute approximate surface area is 166 Å². The van der Waals surface area contributed by atoms with Crippen LogP contribution in [0.15, 0.2) is 58.5 Å². The third kappa shape index (κ3) is 3.11. The maximum Gasteiger partial charge on any atom is 0.148 e. The van der Waals surface area contributed by atoms with Gasteiger partial charge in [-0.05, 0) is 57.9 Å². The lowest BCUT2D eigenvalue weighted by Gasteiger charge is -2.06. The lowest BCUT2D eigenvalue weighted by Crippen LogP contribution is -2.01. The SMILES string of the molecule is Fc1cccc(Cn2ncc3cc(Nc4[nH]nc5sc(Br)cc45)ccc32)c1. The van der Waals surface area contributed by atoms with Crippen molar-refractivity contribution in [3.8, 4) is 0 Å². The summed E-state index contributed by atoms with van der Waals surface area (Å²) in [6.45, 7) is 0.526. The van der Waals surface area contributed by atoms with Crippen LogP contribution in [0.1, 0.15) is 5.56 Å². The fraction of sp³-hybridized carbons (Fsp3) is 0.0526. The molecule has 0 aliphatic carbocycles. The van der Waals surface area contributed by atoms with Crippen molar-refractivity contribution in [3.05, 3.63) is 69.9 Å². The Kier molecular flexibility index (Phi) is 3.95. The second kappa shape index (κ2) is 6.47. The number of aromatic nitrogens is 4. The summed E-state index contributed by atoms with van der Waals surface area (Å²) < 4.78 is 16.3. The molecule has 5 aromatic rings. The van der Waals surface area contributed by atoms with Crippen molar-refractivity contribution in [2.24, 2.45) is 0 Å². The van der Waals surface area contributed by atoms with Crippen LogP contribution in [0.25, 0.3) is 21.1 Å². The molecule has 8 heteroatoms. The second-order valence-electron chi connectivity index (χ2n) is 6.20. The fourth-order valence-corrected chi connectivity index (χ4v) is 4.53. The lowest BCUT2D eigenvalue weighted by atomic mass is 10.2. The molecule has 5 rings (SSSR count). The van der Waals surface area contributed by atoms with E-state index >= 15 is 0 Å². The largest absolute Gasteiger partial charge is 0.340 e. The molecular formula is C19H13BrFN5S. The molecule has 0 unspecified atom stereocenters. The summed E-state index contributed by atoms with van der Waals surface area (Å²) in [6, 6.07) is 14.7. The molecule has 27 heavy (non-hydrogen) atoms. The molecule has 0 spiro atoms. The van der Waals surface area contributed by atoms with Crippen molar-refractivity contribution in [3.63, 3.8) is 0 Å². The van der Waals surface area contributed by atoms with Gasteiger partial charge in [-0.25, -0.2) is 4.39 Å². The van der Waals surface area contributed by atoms with Gasteiger partial charge in [-0.1, -0.05) is 12.1 Å². The summed E-state index contributed by atoms with van der Waals surface area (Å²) in [5.41, 5.74) is 2.82. The monoisotopic (exact) mass is 441 g/mol. The van der Waals surface area contributed by atoms with E-state index in [1.54, 1.807) is 17.4 Å². The Hall–Kier alpha value is -2.71. The summed E-state index contributed by atoms with van der Waals surface area (Å²) in [6.07, 6.45) is 1.82. The predicted molar refractivity (Wildman–Crippen MR) is 110 cm³/mol. The third-order valence-electron chi connectivity index (χ3n) is 4.35. The normalized spacial score (nSPS) is 11.5. The number of nitrogens with one attached hydrogen (secondary N) is 2. The van der Waals surface area contributed by atoms with Gasteiger partial charge in [-0.2, -0.15) is 10.2 Å². The number of anilines is 2. The van der Waals surface area contributed by atoms with Crippen molar-refractivity contribution in [2.45, 2.75) is 6.54 Å². The molecule has 0 saturated heterocycles. The van der Waals surface area contributed by atoms with Crippen molar-refractivity contribution in [1.29, 1.82) is 0 Å². The van der Waals surface area contributed by atoms with Gasteiger partial charge in [0.05, 0.1) is 27.4 Å². The molecule has 0 bridgehead atoms. The van der Waals surface area contributed by atoms with Gasteiger partial charge in [0.1, 0.15) is 16.5 Å². The molecule has 2 N–H and O–H groups in total. The van der Waals surface area contributed by atoms with Crippen LogP contribution < -0.4 is 5.32 Å². The minimum absolute atomic E-state index is 0.235. The number of fused-ring (bicyclic) bond motifs is 2. The number of H-pyrrole nitrogens is 1. The Morgan fingerprint density at radius 3 is 3.00 bits per heavy atom. The molecule has 134 valence electrons. The quantitative estimate of drug-likeness (QED) is 0.377. The highest BCUT2D eigenvalue weighted by Gasteiger charge is 2.10. The number of halogens is 2. The van der Waals surface area contributed by atoms with Crippen molar-refractivity contribution in [2.75, 3.05) is 5.32 Å². The van der Waals surface area contributed by atoms with Crippen LogP contribution >= 0.6 is 27.3 Å². The number of benzene rings is 2. The van der Waals surface area contributed by atoms with Crippen LogP contribution in [0.2, 0.25) is 0 Å². The van der Waals surface area contributed by atoms with Gasteiger partial charge in [0.15, 0.2) is 0 Å². The first-order valence-corrected chi connectivity index (χ1v) is 9.87. The molecule has 0 atom stereocenters. The van der Waals surface area contributed by atoms with Crippen LogP contribution in [0, 0.1) is 5.82 Å². The Bertz CT molecular complexity index is 1270. The number of hydrogen-bond donors (Lipinski definition) is 2. The average molecular weight is 442 g/mol. The molecule has 3 aromatic heterocycles. The predicted octanol–water partition coefficient (Wildman–Crippen LogP) is 5.67. The number of nitrogens with zero attached hydrogens (tertiary/aromatic N) is 3. The summed E-state index contributed by atoms with van der Waals surface area (Å²) in [7, 11) is 0. The van der Waals surface area contributed by atoms with E-state index in [0.29, 0.717) is 6.54 Å². The highest BCUT2D eigenvalue weighted by molar-refractivity contribution is 9.11. The van der Waals surface area contributed by atoms with Crippen molar-refractivity contribution in [1.82, 2.24) is 20.0 Å². The number of hydrogen-bond acceptors (Lipinski definition) is 4.